The lowest BCUT2D eigenvalue weighted by Gasteiger charge is -2.07. The maximum atomic E-state index is 9.00. The normalized spacial score (nSPS) is 13.9. The third-order valence-corrected chi connectivity index (χ3v) is 0.879. The van der Waals surface area contributed by atoms with Crippen LogP contribution in [0.2, 0.25) is 0 Å². The van der Waals surface area contributed by atoms with E-state index in [1.54, 1.807) is 13.8 Å². The van der Waals surface area contributed by atoms with Crippen LogP contribution in [-0.4, -0.2) is 46.6 Å². The summed E-state index contributed by atoms with van der Waals surface area (Å²) in [4.78, 5) is 9.00. The van der Waals surface area contributed by atoms with Gasteiger partial charge in [0.25, 0.3) is 5.97 Å². The van der Waals surface area contributed by atoms with Crippen LogP contribution in [0.5, 0.6) is 0 Å². The molecule has 2 atom stereocenters. The Labute approximate surface area is 78.4 Å². The van der Waals surface area contributed by atoms with E-state index in [0.29, 0.717) is 13.1 Å². The summed E-state index contributed by atoms with van der Waals surface area (Å²) in [7, 11) is 0. The van der Waals surface area contributed by atoms with Crippen LogP contribution in [0, 0.1) is 0 Å². The third kappa shape index (κ3) is 34.7. The van der Waals surface area contributed by atoms with Crippen LogP contribution in [0.3, 0.4) is 0 Å². The number of aliphatic hydroxyl groups is 2. The van der Waals surface area contributed by atoms with Crippen molar-refractivity contribution in [3.8, 4) is 0 Å². The van der Waals surface area contributed by atoms with Gasteiger partial charge in [0, 0.05) is 20.0 Å². The summed E-state index contributed by atoms with van der Waals surface area (Å²) >= 11 is 0. The maximum Gasteiger partial charge on any atom is 0.300 e. The summed E-state index contributed by atoms with van der Waals surface area (Å²) in [6.45, 7) is 5.58. The van der Waals surface area contributed by atoms with Crippen molar-refractivity contribution in [3.63, 3.8) is 0 Å². The second-order valence-corrected chi connectivity index (χ2v) is 2.88. The van der Waals surface area contributed by atoms with E-state index in [4.69, 9.17) is 20.1 Å². The molecule has 0 rings (SSSR count). The summed E-state index contributed by atoms with van der Waals surface area (Å²) in [6.07, 6.45) is -0.660. The summed E-state index contributed by atoms with van der Waals surface area (Å²) in [5.74, 6) is -0.833. The van der Waals surface area contributed by atoms with Gasteiger partial charge in [-0.2, -0.15) is 0 Å². The minimum atomic E-state index is -0.833. The highest BCUT2D eigenvalue weighted by Gasteiger charge is 1.96. The van der Waals surface area contributed by atoms with Gasteiger partial charge in [-0.3, -0.25) is 4.79 Å². The second kappa shape index (κ2) is 9.44. The van der Waals surface area contributed by atoms with Crippen molar-refractivity contribution in [3.05, 3.63) is 0 Å². The van der Waals surface area contributed by atoms with Gasteiger partial charge in [-0.1, -0.05) is 0 Å². The Bertz CT molecular complexity index is 113. The Morgan fingerprint density at radius 3 is 1.62 bits per heavy atom. The highest BCUT2D eigenvalue weighted by atomic mass is 16.4. The van der Waals surface area contributed by atoms with E-state index < -0.39 is 5.97 Å². The van der Waals surface area contributed by atoms with Crippen LogP contribution in [0.4, 0.5) is 0 Å². The largest absolute Gasteiger partial charge is 0.481 e. The van der Waals surface area contributed by atoms with E-state index in [2.05, 4.69) is 5.32 Å². The molecule has 0 spiro atoms. The molecule has 2 unspecified atom stereocenters. The van der Waals surface area contributed by atoms with Gasteiger partial charge >= 0.3 is 0 Å². The van der Waals surface area contributed by atoms with Gasteiger partial charge in [0.2, 0.25) is 0 Å². The molecule has 80 valence electrons. The van der Waals surface area contributed by atoms with Crippen LogP contribution in [-0.2, 0) is 4.79 Å². The fourth-order valence-corrected chi connectivity index (χ4v) is 0.501. The number of carboxylic acid groups (broad SMARTS) is 1. The van der Waals surface area contributed by atoms with Gasteiger partial charge in [0.15, 0.2) is 0 Å². The molecule has 0 radical (unpaired) electrons. The van der Waals surface area contributed by atoms with Crippen LogP contribution in [0.1, 0.15) is 20.8 Å². The molecule has 13 heavy (non-hydrogen) atoms. The first-order valence-electron chi connectivity index (χ1n) is 4.12. The van der Waals surface area contributed by atoms with Gasteiger partial charge in [-0.05, 0) is 13.8 Å². The number of carboxylic acids is 1. The highest BCUT2D eigenvalue weighted by Crippen LogP contribution is 1.77. The molecule has 0 amide bonds. The molecule has 5 heteroatoms. The van der Waals surface area contributed by atoms with Crippen LogP contribution in [0.25, 0.3) is 0 Å². The summed E-state index contributed by atoms with van der Waals surface area (Å²) < 4.78 is 0. The van der Waals surface area contributed by atoms with Crippen molar-refractivity contribution in [2.45, 2.75) is 33.0 Å². The lowest BCUT2D eigenvalue weighted by molar-refractivity contribution is -0.134. The monoisotopic (exact) mass is 193 g/mol. The topological polar surface area (TPSA) is 89.8 Å². The molecule has 0 aromatic heterocycles. The molecule has 0 saturated carbocycles. The SMILES string of the molecule is CC(=O)O.CC(O)CNCC(C)O. The zero-order valence-electron chi connectivity index (χ0n) is 8.32. The fraction of sp³-hybridized carbons (Fsp3) is 0.875. The van der Waals surface area contributed by atoms with Crippen LogP contribution >= 0.6 is 0 Å². The quantitative estimate of drug-likeness (QED) is 0.480. The Hall–Kier alpha value is -0.650. The second-order valence-electron chi connectivity index (χ2n) is 2.88. The van der Waals surface area contributed by atoms with E-state index >= 15 is 0 Å². The molecule has 0 aliphatic carbocycles. The lowest BCUT2D eigenvalue weighted by Crippen LogP contribution is -2.30. The van der Waals surface area contributed by atoms with Crippen molar-refractivity contribution in [2.24, 2.45) is 0 Å². The van der Waals surface area contributed by atoms with E-state index in [1.165, 1.54) is 0 Å². The standard InChI is InChI=1S/C6H15NO2.C2H4O2/c1-5(8)3-7-4-6(2)9;1-2(3)4/h5-9H,3-4H2,1-2H3;1H3,(H,3,4). The number of hydrogen-bond acceptors (Lipinski definition) is 4. The summed E-state index contributed by atoms with van der Waals surface area (Å²) in [5.41, 5.74) is 0. The number of rotatable bonds is 4. The van der Waals surface area contributed by atoms with Crippen molar-refractivity contribution in [1.29, 1.82) is 0 Å². The maximum absolute atomic E-state index is 9.00. The number of aliphatic hydroxyl groups excluding tert-OH is 2. The Morgan fingerprint density at radius 1 is 1.23 bits per heavy atom. The molecular formula is C8H19NO4. The van der Waals surface area contributed by atoms with Crippen LogP contribution in [0.15, 0.2) is 0 Å². The van der Waals surface area contributed by atoms with E-state index in [1.807, 2.05) is 0 Å². The predicted molar refractivity (Wildman–Crippen MR) is 49.5 cm³/mol. The molecule has 0 bridgehead atoms. The number of hydrogen-bond donors (Lipinski definition) is 4. The Kier molecular flexibility index (Phi) is 10.8. The van der Waals surface area contributed by atoms with Crippen LogP contribution < -0.4 is 5.32 Å². The predicted octanol–water partition coefficient (Wildman–Crippen LogP) is -0.571. The van der Waals surface area contributed by atoms with Gasteiger partial charge < -0.3 is 20.6 Å². The smallest absolute Gasteiger partial charge is 0.300 e. The molecule has 0 heterocycles. The van der Waals surface area contributed by atoms with Gasteiger partial charge in [0.05, 0.1) is 12.2 Å². The molecule has 0 aliphatic heterocycles. The van der Waals surface area contributed by atoms with E-state index in [9.17, 15) is 0 Å². The average Bonchev–Trinajstić information content (AvgIpc) is 1.83. The first-order valence-corrected chi connectivity index (χ1v) is 4.12. The minimum Gasteiger partial charge on any atom is -0.481 e. The molecule has 5 nitrogen and oxygen atoms in total. The zero-order chi connectivity index (χ0) is 10.9. The van der Waals surface area contributed by atoms with E-state index in [-0.39, 0.29) is 12.2 Å². The van der Waals surface area contributed by atoms with Crippen molar-refractivity contribution in [1.82, 2.24) is 5.32 Å². The van der Waals surface area contributed by atoms with Crippen molar-refractivity contribution in [2.75, 3.05) is 13.1 Å². The average molecular weight is 193 g/mol. The molecule has 0 fully saturated rings. The molecule has 4 N–H and O–H groups in total. The van der Waals surface area contributed by atoms with Gasteiger partial charge in [0.1, 0.15) is 0 Å². The molecule has 0 aromatic carbocycles. The molecule has 0 aromatic rings. The minimum absolute atomic E-state index is 0.330. The van der Waals surface area contributed by atoms with Crippen molar-refractivity contribution >= 4 is 5.97 Å². The van der Waals surface area contributed by atoms with Gasteiger partial charge in [-0.15, -0.1) is 0 Å². The van der Waals surface area contributed by atoms with E-state index in [0.717, 1.165) is 6.92 Å². The van der Waals surface area contributed by atoms with Crippen molar-refractivity contribution < 1.29 is 20.1 Å². The number of nitrogens with one attached hydrogen (secondary N) is 1. The molecule has 0 saturated heterocycles. The zero-order valence-corrected chi connectivity index (χ0v) is 8.32. The fourth-order valence-electron chi connectivity index (χ4n) is 0.501. The first-order chi connectivity index (χ1) is 5.86. The molecular weight excluding hydrogens is 174 g/mol. The highest BCUT2D eigenvalue weighted by molar-refractivity contribution is 5.62. The summed E-state index contributed by atoms with van der Waals surface area (Å²) in [6, 6.07) is 0. The number of carbonyl (C=O) groups is 1. The van der Waals surface area contributed by atoms with Gasteiger partial charge in [-0.25, -0.2) is 0 Å². The lowest BCUT2D eigenvalue weighted by atomic mass is 10.3. The summed E-state index contributed by atoms with van der Waals surface area (Å²) in [5, 5.41) is 27.7. The molecule has 0 aliphatic rings. The Balaban J connectivity index is 0. The Morgan fingerprint density at radius 2 is 1.46 bits per heavy atom. The number of aliphatic carboxylic acids is 1. The third-order valence-electron chi connectivity index (χ3n) is 0.879. The first kappa shape index (κ1) is 14.9.